The van der Waals surface area contributed by atoms with Crippen molar-refractivity contribution in [1.29, 1.82) is 0 Å². The summed E-state index contributed by atoms with van der Waals surface area (Å²) in [4.78, 5) is 8.05. The molecular weight excluding hydrogens is 476 g/mol. The van der Waals surface area contributed by atoms with Crippen molar-refractivity contribution in [2.24, 2.45) is 0 Å². The van der Waals surface area contributed by atoms with E-state index in [9.17, 15) is 18.6 Å². The number of phenols is 1. The van der Waals surface area contributed by atoms with Crippen LogP contribution in [0, 0.1) is 6.92 Å². The molecule has 13 heteroatoms. The normalized spacial score (nSPS) is 17.7. The Morgan fingerprint density at radius 3 is 2.66 bits per heavy atom. The molecule has 0 saturated carbocycles. The summed E-state index contributed by atoms with van der Waals surface area (Å²) in [7, 11) is -2.80. The third-order valence-electron chi connectivity index (χ3n) is 5.55. The number of nitrogens with zero attached hydrogens (tertiary/aromatic N) is 5. The second-order valence-corrected chi connectivity index (χ2v) is 10.1. The van der Waals surface area contributed by atoms with Crippen LogP contribution in [0.2, 0.25) is 0 Å². The number of anilines is 1. The first-order valence-electron chi connectivity index (χ1n) is 10.8. The zero-order valence-electron chi connectivity index (χ0n) is 19.4. The van der Waals surface area contributed by atoms with Gasteiger partial charge in [-0.1, -0.05) is 18.2 Å². The molecule has 0 bridgehead atoms. The van der Waals surface area contributed by atoms with Gasteiger partial charge in [0.1, 0.15) is 34.4 Å². The van der Waals surface area contributed by atoms with Crippen LogP contribution in [0.4, 0.5) is 5.95 Å². The predicted octanol–water partition coefficient (Wildman–Crippen LogP) is 1.61. The number of methoxy groups -OCH3 is 1. The van der Waals surface area contributed by atoms with Crippen LogP contribution in [0.15, 0.2) is 42.7 Å². The van der Waals surface area contributed by atoms with Crippen LogP contribution >= 0.6 is 0 Å². The molecule has 0 saturated heterocycles. The third-order valence-corrected chi connectivity index (χ3v) is 7.26. The van der Waals surface area contributed by atoms with Crippen molar-refractivity contribution in [3.63, 3.8) is 0 Å². The van der Waals surface area contributed by atoms with Crippen molar-refractivity contribution in [2.45, 2.75) is 31.1 Å². The Hall–Kier alpha value is -3.55. The van der Waals surface area contributed by atoms with Crippen LogP contribution < -0.4 is 9.46 Å². The van der Waals surface area contributed by atoms with E-state index < -0.39 is 21.4 Å². The van der Waals surface area contributed by atoms with Gasteiger partial charge >= 0.3 is 0 Å². The fraction of sp³-hybridized carbons (Fsp3) is 0.364. The van der Waals surface area contributed by atoms with E-state index in [0.29, 0.717) is 12.4 Å². The number of hydrogen-bond acceptors (Lipinski definition) is 10. The highest BCUT2D eigenvalue weighted by molar-refractivity contribution is 7.93. The van der Waals surface area contributed by atoms with Crippen LogP contribution in [-0.2, 0) is 14.8 Å². The minimum Gasteiger partial charge on any atom is -0.506 e. The van der Waals surface area contributed by atoms with Crippen molar-refractivity contribution in [2.75, 3.05) is 25.0 Å². The summed E-state index contributed by atoms with van der Waals surface area (Å²) in [6.45, 7) is 3.84. The number of para-hydroxylation sites is 1. The lowest BCUT2D eigenvalue weighted by atomic mass is 10.1. The van der Waals surface area contributed by atoms with Gasteiger partial charge in [0.15, 0.2) is 5.82 Å². The summed E-state index contributed by atoms with van der Waals surface area (Å²) in [6.07, 6.45) is 5.17. The van der Waals surface area contributed by atoms with Crippen molar-refractivity contribution in [1.82, 2.24) is 24.7 Å². The molecule has 0 spiro atoms. The van der Waals surface area contributed by atoms with Crippen LogP contribution in [-0.4, -0.2) is 68.9 Å². The molecule has 1 aliphatic heterocycles. The number of aryl methyl sites for hydroxylation is 1. The lowest BCUT2D eigenvalue weighted by molar-refractivity contribution is 0.143. The Labute approximate surface area is 202 Å². The second-order valence-electron chi connectivity index (χ2n) is 8.03. The van der Waals surface area contributed by atoms with Gasteiger partial charge in [-0.3, -0.25) is 9.29 Å². The minimum atomic E-state index is -4.23. The van der Waals surface area contributed by atoms with E-state index in [1.54, 1.807) is 19.1 Å². The van der Waals surface area contributed by atoms with Gasteiger partial charge in [0, 0.05) is 12.4 Å². The topological polar surface area (TPSA) is 162 Å². The fourth-order valence-corrected chi connectivity index (χ4v) is 4.61. The summed E-state index contributed by atoms with van der Waals surface area (Å²) >= 11 is 0. The Balaban J connectivity index is 1.76. The Kier molecular flexibility index (Phi) is 7.00. The average molecular weight is 503 g/mol. The molecule has 1 aromatic carbocycles. The molecule has 0 amide bonds. The Morgan fingerprint density at radius 1 is 1.26 bits per heavy atom. The maximum Gasteiger partial charge on any atom is 0.243 e. The maximum absolute atomic E-state index is 13.2. The SMILES string of the molecule is COc1cccc(O)c1-n1c(NS(=O)(=O)[C@@H](C)[C@H](O)c2ncc(C)cn2)nnc1[C@@H]1C=CCOC1. The molecule has 0 aliphatic carbocycles. The largest absolute Gasteiger partial charge is 0.506 e. The van der Waals surface area contributed by atoms with Gasteiger partial charge in [0.25, 0.3) is 0 Å². The molecule has 0 fully saturated rings. The molecule has 4 rings (SSSR count). The summed E-state index contributed by atoms with van der Waals surface area (Å²) in [5, 5.41) is 28.2. The highest BCUT2D eigenvalue weighted by Crippen LogP contribution is 2.37. The molecular formula is C22H26N6O6S. The zero-order chi connectivity index (χ0) is 25.2. The zero-order valence-corrected chi connectivity index (χ0v) is 20.2. The molecule has 12 nitrogen and oxygen atoms in total. The third kappa shape index (κ3) is 4.97. The van der Waals surface area contributed by atoms with E-state index in [1.165, 1.54) is 37.1 Å². The summed E-state index contributed by atoms with van der Waals surface area (Å²) in [5.74, 6) is -0.150. The van der Waals surface area contributed by atoms with Gasteiger partial charge in [-0.2, -0.15) is 0 Å². The standard InChI is InChI=1S/C22H26N6O6S/c1-13-10-23-20(24-11-13)19(30)14(2)35(31,32)27-22-26-25-21(15-6-5-9-34-12-15)28(22)18-16(29)7-4-8-17(18)33-3/h4-8,10-11,14-15,19,29-30H,9,12H2,1-3H3,(H,26,27)/t14-,15+,19-/m0/s1. The van der Waals surface area contributed by atoms with E-state index in [1.807, 2.05) is 12.2 Å². The molecule has 35 heavy (non-hydrogen) atoms. The number of benzene rings is 1. The van der Waals surface area contributed by atoms with Gasteiger partial charge in [0.2, 0.25) is 16.0 Å². The number of rotatable bonds is 8. The maximum atomic E-state index is 13.2. The fourth-order valence-electron chi connectivity index (χ4n) is 3.58. The Morgan fingerprint density at radius 2 is 2.00 bits per heavy atom. The number of phenolic OH excluding ortho intramolecular Hbond substituents is 1. The molecule has 1 aliphatic rings. The average Bonchev–Trinajstić information content (AvgIpc) is 3.26. The number of sulfonamides is 1. The molecule has 3 heterocycles. The number of aromatic nitrogens is 5. The lowest BCUT2D eigenvalue weighted by Gasteiger charge is -2.22. The number of aromatic hydroxyl groups is 1. The first-order valence-corrected chi connectivity index (χ1v) is 12.3. The number of aliphatic hydroxyl groups excluding tert-OH is 1. The van der Waals surface area contributed by atoms with Gasteiger partial charge in [-0.15, -0.1) is 10.2 Å². The van der Waals surface area contributed by atoms with E-state index in [0.717, 1.165) is 5.56 Å². The smallest absolute Gasteiger partial charge is 0.243 e. The van der Waals surface area contributed by atoms with Crippen molar-refractivity contribution >= 4 is 16.0 Å². The first-order chi connectivity index (χ1) is 16.7. The Bertz CT molecular complexity index is 1320. The summed E-state index contributed by atoms with van der Waals surface area (Å²) in [5.41, 5.74) is 0.925. The van der Waals surface area contributed by atoms with Gasteiger partial charge in [0.05, 0.1) is 26.2 Å². The van der Waals surface area contributed by atoms with E-state index in [4.69, 9.17) is 9.47 Å². The molecule has 2 aromatic heterocycles. The van der Waals surface area contributed by atoms with E-state index in [-0.39, 0.29) is 41.5 Å². The number of aliphatic hydroxyl groups is 1. The van der Waals surface area contributed by atoms with Crippen LogP contribution in [0.25, 0.3) is 5.69 Å². The molecule has 0 unspecified atom stereocenters. The van der Waals surface area contributed by atoms with Crippen LogP contribution in [0.1, 0.15) is 36.2 Å². The van der Waals surface area contributed by atoms with Gasteiger partial charge < -0.3 is 19.7 Å². The van der Waals surface area contributed by atoms with Crippen molar-refractivity contribution in [3.8, 4) is 17.2 Å². The van der Waals surface area contributed by atoms with Crippen LogP contribution in [0.5, 0.6) is 11.5 Å². The van der Waals surface area contributed by atoms with Crippen molar-refractivity contribution < 1.29 is 28.1 Å². The highest BCUT2D eigenvalue weighted by Gasteiger charge is 2.34. The quantitative estimate of drug-likeness (QED) is 0.386. The second kappa shape index (κ2) is 9.98. The number of hydrogen-bond donors (Lipinski definition) is 3. The molecule has 186 valence electrons. The summed E-state index contributed by atoms with van der Waals surface area (Å²) < 4.78 is 41.2. The van der Waals surface area contributed by atoms with Crippen LogP contribution in [0.3, 0.4) is 0 Å². The highest BCUT2D eigenvalue weighted by atomic mass is 32.2. The monoisotopic (exact) mass is 502 g/mol. The number of nitrogens with one attached hydrogen (secondary N) is 1. The van der Waals surface area contributed by atoms with Crippen molar-refractivity contribution in [3.05, 3.63) is 60.0 Å². The molecule has 0 radical (unpaired) electrons. The predicted molar refractivity (Wildman–Crippen MR) is 126 cm³/mol. The molecule has 3 aromatic rings. The van der Waals surface area contributed by atoms with E-state index in [2.05, 4.69) is 24.9 Å². The number of ether oxygens (including phenoxy) is 2. The minimum absolute atomic E-state index is 0.0255. The van der Waals surface area contributed by atoms with E-state index >= 15 is 0 Å². The van der Waals surface area contributed by atoms with Gasteiger partial charge in [-0.25, -0.2) is 18.4 Å². The molecule has 3 N–H and O–H groups in total. The first kappa shape index (κ1) is 24.6. The summed E-state index contributed by atoms with van der Waals surface area (Å²) in [6, 6.07) is 4.65. The van der Waals surface area contributed by atoms with Gasteiger partial charge in [-0.05, 0) is 31.5 Å². The lowest BCUT2D eigenvalue weighted by Crippen LogP contribution is -2.32. The molecule has 3 atom stereocenters.